The van der Waals surface area contributed by atoms with Crippen LogP contribution in [0.2, 0.25) is 0 Å². The minimum atomic E-state index is 0.765. The molecule has 0 aliphatic heterocycles. The molecule has 0 saturated heterocycles. The van der Waals surface area contributed by atoms with E-state index in [1.165, 1.54) is 30.7 Å². The molecule has 0 bridgehead atoms. The van der Waals surface area contributed by atoms with Crippen molar-refractivity contribution in [1.29, 1.82) is 0 Å². The maximum absolute atomic E-state index is 4.35. The third-order valence-electron chi connectivity index (χ3n) is 2.91. The van der Waals surface area contributed by atoms with Crippen molar-refractivity contribution in [3.8, 4) is 0 Å². The standard InChI is InChI=1S/C10H16N2/c1-3-10-8(2)11-7-12(10)9-5-4-6-9/h7,9H,3-6H2,1-2H3. The summed E-state index contributed by atoms with van der Waals surface area (Å²) < 4.78 is 2.37. The summed E-state index contributed by atoms with van der Waals surface area (Å²) in [4.78, 5) is 4.35. The van der Waals surface area contributed by atoms with Gasteiger partial charge in [-0.25, -0.2) is 4.98 Å². The SMILES string of the molecule is CCc1c(C)ncn1C1CCC1. The highest BCUT2D eigenvalue weighted by molar-refractivity contribution is 5.12. The fourth-order valence-corrected chi connectivity index (χ4v) is 1.90. The molecule has 12 heavy (non-hydrogen) atoms. The van der Waals surface area contributed by atoms with Crippen LogP contribution in [-0.2, 0) is 6.42 Å². The summed E-state index contributed by atoms with van der Waals surface area (Å²) >= 11 is 0. The highest BCUT2D eigenvalue weighted by atomic mass is 15.1. The Hall–Kier alpha value is -0.790. The van der Waals surface area contributed by atoms with E-state index < -0.39 is 0 Å². The Morgan fingerprint density at radius 2 is 2.33 bits per heavy atom. The minimum Gasteiger partial charge on any atom is -0.331 e. The number of hydrogen-bond donors (Lipinski definition) is 0. The fraction of sp³-hybridized carbons (Fsp3) is 0.700. The van der Waals surface area contributed by atoms with Crippen molar-refractivity contribution in [2.45, 2.75) is 45.6 Å². The van der Waals surface area contributed by atoms with Crippen LogP contribution in [0.15, 0.2) is 6.33 Å². The second kappa shape index (κ2) is 2.92. The molecular weight excluding hydrogens is 148 g/mol. The lowest BCUT2D eigenvalue weighted by atomic mass is 9.92. The maximum atomic E-state index is 4.35. The van der Waals surface area contributed by atoms with Gasteiger partial charge in [-0.15, -0.1) is 0 Å². The number of aryl methyl sites for hydroxylation is 1. The minimum absolute atomic E-state index is 0.765. The zero-order valence-electron chi connectivity index (χ0n) is 7.88. The third-order valence-corrected chi connectivity index (χ3v) is 2.91. The van der Waals surface area contributed by atoms with E-state index in [4.69, 9.17) is 0 Å². The topological polar surface area (TPSA) is 17.8 Å². The first-order valence-electron chi connectivity index (χ1n) is 4.85. The van der Waals surface area contributed by atoms with Gasteiger partial charge in [0.2, 0.25) is 0 Å². The number of rotatable bonds is 2. The molecule has 2 rings (SSSR count). The summed E-state index contributed by atoms with van der Waals surface area (Å²) in [5.74, 6) is 0. The molecule has 1 saturated carbocycles. The van der Waals surface area contributed by atoms with Crippen LogP contribution in [0.4, 0.5) is 0 Å². The van der Waals surface area contributed by atoms with Gasteiger partial charge in [0.05, 0.1) is 12.0 Å². The van der Waals surface area contributed by atoms with Crippen molar-refractivity contribution in [3.05, 3.63) is 17.7 Å². The Morgan fingerprint density at radius 1 is 1.58 bits per heavy atom. The Balaban J connectivity index is 2.29. The van der Waals surface area contributed by atoms with Crippen LogP contribution in [-0.4, -0.2) is 9.55 Å². The van der Waals surface area contributed by atoms with Gasteiger partial charge in [-0.05, 0) is 32.6 Å². The predicted octanol–water partition coefficient (Wildman–Crippen LogP) is 2.48. The molecule has 1 aliphatic rings. The molecule has 0 atom stereocenters. The first kappa shape index (κ1) is 7.84. The van der Waals surface area contributed by atoms with Crippen LogP contribution in [0, 0.1) is 6.92 Å². The number of nitrogens with zero attached hydrogens (tertiary/aromatic N) is 2. The van der Waals surface area contributed by atoms with E-state index in [1.807, 2.05) is 6.33 Å². The van der Waals surface area contributed by atoms with Crippen molar-refractivity contribution in [3.63, 3.8) is 0 Å². The normalized spacial score (nSPS) is 17.8. The third kappa shape index (κ3) is 1.06. The zero-order valence-corrected chi connectivity index (χ0v) is 7.88. The van der Waals surface area contributed by atoms with Crippen LogP contribution >= 0.6 is 0 Å². The summed E-state index contributed by atoms with van der Waals surface area (Å²) in [5, 5.41) is 0. The van der Waals surface area contributed by atoms with Crippen LogP contribution in [0.5, 0.6) is 0 Å². The zero-order chi connectivity index (χ0) is 8.55. The summed E-state index contributed by atoms with van der Waals surface area (Å²) in [5.41, 5.74) is 2.64. The molecular formula is C10H16N2. The molecule has 0 aromatic carbocycles. The van der Waals surface area contributed by atoms with Crippen molar-refractivity contribution >= 4 is 0 Å². The molecule has 2 nitrogen and oxygen atoms in total. The summed E-state index contributed by atoms with van der Waals surface area (Å²) in [6.07, 6.45) is 7.22. The highest BCUT2D eigenvalue weighted by Gasteiger charge is 2.21. The van der Waals surface area contributed by atoms with Crippen LogP contribution in [0.3, 0.4) is 0 Å². The highest BCUT2D eigenvalue weighted by Crippen LogP contribution is 2.32. The van der Waals surface area contributed by atoms with E-state index in [1.54, 1.807) is 0 Å². The van der Waals surface area contributed by atoms with Crippen LogP contribution in [0.1, 0.15) is 43.6 Å². The molecule has 0 radical (unpaired) electrons. The average molecular weight is 164 g/mol. The molecule has 0 unspecified atom stereocenters. The largest absolute Gasteiger partial charge is 0.331 e. The smallest absolute Gasteiger partial charge is 0.0954 e. The molecule has 0 N–H and O–H groups in total. The van der Waals surface area contributed by atoms with Gasteiger partial charge in [-0.2, -0.15) is 0 Å². The molecule has 0 amide bonds. The van der Waals surface area contributed by atoms with E-state index >= 15 is 0 Å². The van der Waals surface area contributed by atoms with Gasteiger partial charge in [-0.3, -0.25) is 0 Å². The number of hydrogen-bond acceptors (Lipinski definition) is 1. The number of aromatic nitrogens is 2. The van der Waals surface area contributed by atoms with Gasteiger partial charge >= 0.3 is 0 Å². The second-order valence-electron chi connectivity index (χ2n) is 3.62. The molecule has 1 aliphatic carbocycles. The van der Waals surface area contributed by atoms with E-state index in [0.29, 0.717) is 0 Å². The van der Waals surface area contributed by atoms with Gasteiger partial charge in [-0.1, -0.05) is 6.92 Å². The Labute approximate surface area is 73.6 Å². The molecule has 1 aromatic heterocycles. The first-order chi connectivity index (χ1) is 5.83. The Bertz CT molecular complexity index is 271. The van der Waals surface area contributed by atoms with E-state index in [-0.39, 0.29) is 0 Å². The average Bonchev–Trinajstić information content (AvgIpc) is 2.29. The molecule has 2 heteroatoms. The van der Waals surface area contributed by atoms with Gasteiger partial charge in [0, 0.05) is 11.7 Å². The summed E-state index contributed by atoms with van der Waals surface area (Å²) in [6.45, 7) is 4.31. The Morgan fingerprint density at radius 3 is 2.83 bits per heavy atom. The van der Waals surface area contributed by atoms with Crippen LogP contribution in [0.25, 0.3) is 0 Å². The summed E-state index contributed by atoms with van der Waals surface area (Å²) in [6, 6.07) is 0.765. The number of imidazole rings is 1. The fourth-order valence-electron chi connectivity index (χ4n) is 1.90. The molecule has 1 heterocycles. The Kier molecular flexibility index (Phi) is 1.91. The second-order valence-corrected chi connectivity index (χ2v) is 3.62. The molecule has 1 aromatic rings. The van der Waals surface area contributed by atoms with E-state index in [0.717, 1.165) is 12.5 Å². The van der Waals surface area contributed by atoms with Crippen LogP contribution < -0.4 is 0 Å². The van der Waals surface area contributed by atoms with Crippen molar-refractivity contribution in [2.24, 2.45) is 0 Å². The van der Waals surface area contributed by atoms with Gasteiger partial charge in [0.1, 0.15) is 0 Å². The van der Waals surface area contributed by atoms with Gasteiger partial charge < -0.3 is 4.57 Å². The molecule has 1 fully saturated rings. The first-order valence-corrected chi connectivity index (χ1v) is 4.85. The predicted molar refractivity (Wildman–Crippen MR) is 49.2 cm³/mol. The van der Waals surface area contributed by atoms with Gasteiger partial charge in [0.25, 0.3) is 0 Å². The maximum Gasteiger partial charge on any atom is 0.0954 e. The van der Waals surface area contributed by atoms with Crippen molar-refractivity contribution in [2.75, 3.05) is 0 Å². The monoisotopic (exact) mass is 164 g/mol. The summed E-state index contributed by atoms with van der Waals surface area (Å²) in [7, 11) is 0. The van der Waals surface area contributed by atoms with Crippen molar-refractivity contribution < 1.29 is 0 Å². The lowest BCUT2D eigenvalue weighted by Crippen LogP contribution is -2.18. The quantitative estimate of drug-likeness (QED) is 0.656. The van der Waals surface area contributed by atoms with E-state index in [2.05, 4.69) is 23.4 Å². The lowest BCUT2D eigenvalue weighted by Gasteiger charge is -2.28. The van der Waals surface area contributed by atoms with E-state index in [9.17, 15) is 0 Å². The van der Waals surface area contributed by atoms with Crippen molar-refractivity contribution in [1.82, 2.24) is 9.55 Å². The van der Waals surface area contributed by atoms with Gasteiger partial charge in [0.15, 0.2) is 0 Å². The molecule has 66 valence electrons. The lowest BCUT2D eigenvalue weighted by molar-refractivity contribution is 0.307. The molecule has 0 spiro atoms.